The lowest BCUT2D eigenvalue weighted by molar-refractivity contribution is -0.137. The molecule has 1 aromatic carbocycles. The number of nitrogens with one attached hydrogen (secondary N) is 2. The van der Waals surface area contributed by atoms with Gasteiger partial charge in [0.05, 0.1) is 11.6 Å². The van der Waals surface area contributed by atoms with E-state index in [1.165, 1.54) is 6.07 Å². The molecular weight excluding hydrogens is 297 g/mol. The number of amides is 2. The molecule has 1 fully saturated rings. The number of urea groups is 1. The van der Waals surface area contributed by atoms with E-state index in [2.05, 4.69) is 10.6 Å². The van der Waals surface area contributed by atoms with Gasteiger partial charge in [0, 0.05) is 13.2 Å². The zero-order chi connectivity index (χ0) is 16.2. The third-order valence-electron chi connectivity index (χ3n) is 3.57. The first-order valence-electron chi connectivity index (χ1n) is 7.24. The van der Waals surface area contributed by atoms with E-state index < -0.39 is 23.8 Å². The molecule has 1 atom stereocenters. The van der Waals surface area contributed by atoms with Gasteiger partial charge in [-0.3, -0.25) is 0 Å². The van der Waals surface area contributed by atoms with Crippen molar-refractivity contribution in [1.82, 2.24) is 10.6 Å². The maximum atomic E-state index is 12.8. The Kier molecular flexibility index (Phi) is 5.28. The van der Waals surface area contributed by atoms with Crippen molar-refractivity contribution in [3.05, 3.63) is 35.4 Å². The van der Waals surface area contributed by atoms with Crippen LogP contribution in [0.3, 0.4) is 0 Å². The third-order valence-corrected chi connectivity index (χ3v) is 3.57. The molecule has 1 aromatic rings. The van der Waals surface area contributed by atoms with Crippen LogP contribution in [0.4, 0.5) is 18.0 Å². The number of carbonyl (C=O) groups is 1. The number of benzene rings is 1. The van der Waals surface area contributed by atoms with Gasteiger partial charge in [0.25, 0.3) is 0 Å². The van der Waals surface area contributed by atoms with Gasteiger partial charge in [0.2, 0.25) is 0 Å². The number of rotatable bonds is 6. The van der Waals surface area contributed by atoms with Gasteiger partial charge in [-0.15, -0.1) is 0 Å². The number of aliphatic hydroxyl groups is 1. The second-order valence-corrected chi connectivity index (χ2v) is 5.42. The average Bonchev–Trinajstić information content (AvgIpc) is 3.29. The van der Waals surface area contributed by atoms with Gasteiger partial charge in [-0.05, 0) is 42.9 Å². The summed E-state index contributed by atoms with van der Waals surface area (Å²) >= 11 is 0. The van der Waals surface area contributed by atoms with Crippen LogP contribution in [0.2, 0.25) is 0 Å². The van der Waals surface area contributed by atoms with E-state index in [0.29, 0.717) is 18.5 Å². The molecule has 0 saturated heterocycles. The molecule has 1 aliphatic carbocycles. The minimum atomic E-state index is -4.40. The molecular formula is C15H19F3N2O2. The molecule has 7 heteroatoms. The molecule has 2 rings (SSSR count). The zero-order valence-electron chi connectivity index (χ0n) is 12.0. The van der Waals surface area contributed by atoms with Crippen LogP contribution in [0.15, 0.2) is 24.3 Å². The standard InChI is InChI=1S/C15H19F3N2O2/c16-15(17,18)12-4-1-3-11(9-12)13(10-5-6-10)20-14(22)19-7-2-8-21/h1,3-4,9-10,13,21H,2,5-8H2,(H2,19,20,22). The summed E-state index contributed by atoms with van der Waals surface area (Å²) in [5.74, 6) is 0.173. The van der Waals surface area contributed by atoms with E-state index in [0.717, 1.165) is 25.0 Å². The molecule has 0 heterocycles. The van der Waals surface area contributed by atoms with Crippen molar-refractivity contribution in [2.45, 2.75) is 31.5 Å². The van der Waals surface area contributed by atoms with Crippen molar-refractivity contribution >= 4 is 6.03 Å². The van der Waals surface area contributed by atoms with E-state index >= 15 is 0 Å². The minimum absolute atomic E-state index is 0.0278. The van der Waals surface area contributed by atoms with E-state index in [-0.39, 0.29) is 12.5 Å². The van der Waals surface area contributed by atoms with Crippen molar-refractivity contribution in [1.29, 1.82) is 0 Å². The fourth-order valence-corrected chi connectivity index (χ4v) is 2.28. The summed E-state index contributed by atoms with van der Waals surface area (Å²) in [6.07, 6.45) is -2.19. The normalized spacial score (nSPS) is 16.2. The Hall–Kier alpha value is -1.76. The summed E-state index contributed by atoms with van der Waals surface area (Å²) in [7, 11) is 0. The lowest BCUT2D eigenvalue weighted by atomic mass is 10.00. The Morgan fingerprint density at radius 1 is 1.36 bits per heavy atom. The van der Waals surface area contributed by atoms with Crippen molar-refractivity contribution in [2.24, 2.45) is 5.92 Å². The lowest BCUT2D eigenvalue weighted by Gasteiger charge is -2.20. The van der Waals surface area contributed by atoms with Crippen LogP contribution in [0.5, 0.6) is 0 Å². The molecule has 0 aliphatic heterocycles. The molecule has 3 N–H and O–H groups in total. The second-order valence-electron chi connectivity index (χ2n) is 5.42. The minimum Gasteiger partial charge on any atom is -0.396 e. The highest BCUT2D eigenvalue weighted by atomic mass is 19.4. The molecule has 1 saturated carbocycles. The van der Waals surface area contributed by atoms with Gasteiger partial charge in [-0.2, -0.15) is 13.2 Å². The summed E-state index contributed by atoms with van der Waals surface area (Å²) < 4.78 is 38.4. The fourth-order valence-electron chi connectivity index (χ4n) is 2.28. The number of aliphatic hydroxyl groups excluding tert-OH is 1. The topological polar surface area (TPSA) is 61.4 Å². The Balaban J connectivity index is 2.07. The van der Waals surface area contributed by atoms with Gasteiger partial charge in [-0.25, -0.2) is 4.79 Å². The van der Waals surface area contributed by atoms with Crippen molar-refractivity contribution in [2.75, 3.05) is 13.2 Å². The van der Waals surface area contributed by atoms with Crippen molar-refractivity contribution in [3.8, 4) is 0 Å². The van der Waals surface area contributed by atoms with Crippen molar-refractivity contribution in [3.63, 3.8) is 0 Å². The van der Waals surface area contributed by atoms with E-state index in [1.807, 2.05) is 0 Å². The van der Waals surface area contributed by atoms with Gasteiger partial charge in [0.1, 0.15) is 0 Å². The van der Waals surface area contributed by atoms with Crippen LogP contribution in [0.1, 0.15) is 36.4 Å². The van der Waals surface area contributed by atoms with E-state index in [1.54, 1.807) is 6.07 Å². The van der Waals surface area contributed by atoms with Crippen molar-refractivity contribution < 1.29 is 23.1 Å². The highest BCUT2D eigenvalue weighted by molar-refractivity contribution is 5.74. The van der Waals surface area contributed by atoms with E-state index in [9.17, 15) is 18.0 Å². The first-order chi connectivity index (χ1) is 10.4. The summed E-state index contributed by atoms with van der Waals surface area (Å²) in [4.78, 5) is 11.8. The SMILES string of the molecule is O=C(NCCCO)NC(c1cccc(C(F)(F)F)c1)C1CC1. The van der Waals surface area contributed by atoms with Crippen LogP contribution in [-0.4, -0.2) is 24.3 Å². The predicted molar refractivity (Wildman–Crippen MR) is 75.1 cm³/mol. The third kappa shape index (κ3) is 4.62. The first kappa shape index (κ1) is 16.6. The number of halogens is 3. The summed E-state index contributed by atoms with van der Waals surface area (Å²) in [6, 6.07) is 4.23. The Labute approximate surface area is 126 Å². The van der Waals surface area contributed by atoms with Gasteiger partial charge >= 0.3 is 12.2 Å². The van der Waals surface area contributed by atoms with Crippen LogP contribution in [0, 0.1) is 5.92 Å². The highest BCUT2D eigenvalue weighted by Gasteiger charge is 2.36. The molecule has 22 heavy (non-hydrogen) atoms. The number of hydrogen-bond acceptors (Lipinski definition) is 2. The largest absolute Gasteiger partial charge is 0.416 e. The van der Waals surface area contributed by atoms with Gasteiger partial charge in [-0.1, -0.05) is 12.1 Å². The second kappa shape index (κ2) is 7.00. The molecule has 1 aliphatic rings. The van der Waals surface area contributed by atoms with Crippen LogP contribution >= 0.6 is 0 Å². The molecule has 0 bridgehead atoms. The number of carbonyl (C=O) groups excluding carboxylic acids is 1. The maximum absolute atomic E-state index is 12.8. The van der Waals surface area contributed by atoms with Gasteiger partial charge < -0.3 is 15.7 Å². The predicted octanol–water partition coefficient (Wildman–Crippen LogP) is 2.84. The molecule has 1 unspecified atom stereocenters. The number of hydrogen-bond donors (Lipinski definition) is 3. The summed E-state index contributed by atoms with van der Waals surface area (Å²) in [5, 5.41) is 14.0. The summed E-state index contributed by atoms with van der Waals surface area (Å²) in [5.41, 5.74) is -0.243. The van der Waals surface area contributed by atoms with Crippen LogP contribution in [0.25, 0.3) is 0 Å². The highest BCUT2D eigenvalue weighted by Crippen LogP contribution is 2.42. The smallest absolute Gasteiger partial charge is 0.396 e. The molecule has 0 aromatic heterocycles. The molecule has 0 spiro atoms. The monoisotopic (exact) mass is 316 g/mol. The number of alkyl halides is 3. The van der Waals surface area contributed by atoms with E-state index in [4.69, 9.17) is 5.11 Å². The lowest BCUT2D eigenvalue weighted by Crippen LogP contribution is -2.39. The Morgan fingerprint density at radius 3 is 2.68 bits per heavy atom. The Bertz CT molecular complexity index is 516. The molecule has 2 amide bonds. The first-order valence-corrected chi connectivity index (χ1v) is 7.24. The zero-order valence-corrected chi connectivity index (χ0v) is 12.0. The molecule has 122 valence electrons. The molecule has 4 nitrogen and oxygen atoms in total. The van der Waals surface area contributed by atoms with Crippen LogP contribution in [-0.2, 0) is 6.18 Å². The summed E-state index contributed by atoms with van der Waals surface area (Å²) in [6.45, 7) is 0.294. The Morgan fingerprint density at radius 2 is 2.09 bits per heavy atom. The average molecular weight is 316 g/mol. The maximum Gasteiger partial charge on any atom is 0.416 e. The molecule has 0 radical (unpaired) electrons. The quantitative estimate of drug-likeness (QED) is 0.707. The van der Waals surface area contributed by atoms with Gasteiger partial charge in [0.15, 0.2) is 0 Å². The van der Waals surface area contributed by atoms with Crippen LogP contribution < -0.4 is 10.6 Å². The fraction of sp³-hybridized carbons (Fsp3) is 0.533.